The van der Waals surface area contributed by atoms with Gasteiger partial charge in [-0.1, -0.05) is 0 Å². The SMILES string of the molecule is CC(C)(C)OC(=O)N1CCCC1c1nnc2ccc(Br)cn12. The van der Waals surface area contributed by atoms with E-state index in [1.165, 1.54) is 0 Å². The highest BCUT2D eigenvalue weighted by molar-refractivity contribution is 9.10. The highest BCUT2D eigenvalue weighted by atomic mass is 79.9. The number of nitrogens with zero attached hydrogens (tertiary/aromatic N) is 4. The summed E-state index contributed by atoms with van der Waals surface area (Å²) in [5, 5.41) is 8.48. The van der Waals surface area contributed by atoms with E-state index in [0.717, 1.165) is 28.8 Å². The van der Waals surface area contributed by atoms with Crippen LogP contribution in [-0.2, 0) is 4.74 Å². The minimum Gasteiger partial charge on any atom is -0.444 e. The molecule has 1 atom stereocenters. The van der Waals surface area contributed by atoms with Crippen LogP contribution in [0.4, 0.5) is 4.79 Å². The second-order valence-corrected chi connectivity index (χ2v) is 7.38. The van der Waals surface area contributed by atoms with Crippen molar-refractivity contribution in [3.8, 4) is 0 Å². The zero-order valence-electron chi connectivity index (χ0n) is 12.9. The molecular weight excluding hydrogens is 348 g/mol. The number of carbonyl (C=O) groups is 1. The fourth-order valence-electron chi connectivity index (χ4n) is 2.68. The number of likely N-dealkylation sites (tertiary alicyclic amines) is 1. The Morgan fingerprint density at radius 2 is 2.14 bits per heavy atom. The molecule has 1 saturated heterocycles. The maximum absolute atomic E-state index is 12.4. The van der Waals surface area contributed by atoms with E-state index in [9.17, 15) is 4.79 Å². The van der Waals surface area contributed by atoms with E-state index in [0.29, 0.717) is 6.54 Å². The summed E-state index contributed by atoms with van der Waals surface area (Å²) < 4.78 is 8.38. The number of amides is 1. The maximum Gasteiger partial charge on any atom is 0.410 e. The number of carbonyl (C=O) groups excluding carboxylic acids is 1. The van der Waals surface area contributed by atoms with Gasteiger partial charge in [0.05, 0.1) is 6.04 Å². The molecule has 0 saturated carbocycles. The standard InChI is InChI=1S/C15H19BrN4O2/c1-15(2,3)22-14(21)19-8-4-5-11(19)13-18-17-12-7-6-10(16)9-20(12)13/h6-7,9,11H,4-5,8H2,1-3H3. The molecule has 2 aromatic heterocycles. The molecule has 3 rings (SSSR count). The van der Waals surface area contributed by atoms with Crippen LogP contribution < -0.4 is 0 Å². The largest absolute Gasteiger partial charge is 0.444 e. The van der Waals surface area contributed by atoms with Gasteiger partial charge < -0.3 is 4.74 Å². The Morgan fingerprint density at radius 3 is 2.86 bits per heavy atom. The molecule has 7 heteroatoms. The van der Waals surface area contributed by atoms with Crippen molar-refractivity contribution >= 4 is 27.7 Å². The van der Waals surface area contributed by atoms with Crippen molar-refractivity contribution in [2.45, 2.75) is 45.3 Å². The van der Waals surface area contributed by atoms with E-state index < -0.39 is 5.60 Å². The highest BCUT2D eigenvalue weighted by Gasteiger charge is 2.35. The number of hydrogen-bond acceptors (Lipinski definition) is 4. The minimum absolute atomic E-state index is 0.0980. The van der Waals surface area contributed by atoms with E-state index in [2.05, 4.69) is 26.1 Å². The van der Waals surface area contributed by atoms with E-state index in [4.69, 9.17) is 4.74 Å². The molecule has 1 fully saturated rings. The third-order valence-electron chi connectivity index (χ3n) is 3.57. The predicted molar refractivity (Wildman–Crippen MR) is 85.6 cm³/mol. The molecule has 0 radical (unpaired) electrons. The summed E-state index contributed by atoms with van der Waals surface area (Å²) in [4.78, 5) is 14.2. The normalized spacial score (nSPS) is 18.9. The first-order valence-electron chi connectivity index (χ1n) is 7.35. The van der Waals surface area contributed by atoms with Gasteiger partial charge in [-0.2, -0.15) is 0 Å². The first kappa shape index (κ1) is 15.3. The lowest BCUT2D eigenvalue weighted by molar-refractivity contribution is 0.0217. The van der Waals surface area contributed by atoms with E-state index >= 15 is 0 Å². The van der Waals surface area contributed by atoms with E-state index in [1.54, 1.807) is 4.90 Å². The summed E-state index contributed by atoms with van der Waals surface area (Å²) in [6, 6.07) is 3.72. The number of aromatic nitrogens is 3. The third kappa shape index (κ3) is 2.95. The van der Waals surface area contributed by atoms with Gasteiger partial charge in [0.25, 0.3) is 0 Å². The first-order valence-corrected chi connectivity index (χ1v) is 8.14. The van der Waals surface area contributed by atoms with Crippen LogP contribution in [0.5, 0.6) is 0 Å². The number of halogens is 1. The number of pyridine rings is 1. The molecule has 118 valence electrons. The monoisotopic (exact) mass is 366 g/mol. The van der Waals surface area contributed by atoms with Crippen molar-refractivity contribution in [3.05, 3.63) is 28.6 Å². The molecule has 6 nitrogen and oxygen atoms in total. The minimum atomic E-state index is -0.500. The van der Waals surface area contributed by atoms with Gasteiger partial charge in [-0.3, -0.25) is 9.30 Å². The Bertz CT molecular complexity index is 707. The summed E-state index contributed by atoms with van der Waals surface area (Å²) in [7, 11) is 0. The van der Waals surface area contributed by atoms with Gasteiger partial charge in [0.1, 0.15) is 5.60 Å². The van der Waals surface area contributed by atoms with Crippen LogP contribution in [0.1, 0.15) is 45.5 Å². The van der Waals surface area contributed by atoms with Crippen LogP contribution in [0, 0.1) is 0 Å². The van der Waals surface area contributed by atoms with Crippen molar-refractivity contribution in [2.24, 2.45) is 0 Å². The molecule has 1 amide bonds. The van der Waals surface area contributed by atoms with E-state index in [-0.39, 0.29) is 12.1 Å². The van der Waals surface area contributed by atoms with Gasteiger partial charge in [-0.25, -0.2) is 4.79 Å². The van der Waals surface area contributed by atoms with Crippen LogP contribution in [0.25, 0.3) is 5.65 Å². The second-order valence-electron chi connectivity index (χ2n) is 6.47. The fraction of sp³-hybridized carbons (Fsp3) is 0.533. The van der Waals surface area contributed by atoms with Crippen molar-refractivity contribution in [1.29, 1.82) is 0 Å². The summed E-state index contributed by atoms with van der Waals surface area (Å²) in [6.45, 7) is 6.31. The lowest BCUT2D eigenvalue weighted by Crippen LogP contribution is -2.36. The highest BCUT2D eigenvalue weighted by Crippen LogP contribution is 2.32. The molecule has 0 aliphatic carbocycles. The first-order chi connectivity index (χ1) is 10.3. The van der Waals surface area contributed by atoms with Gasteiger partial charge in [-0.15, -0.1) is 10.2 Å². The average Bonchev–Trinajstić information content (AvgIpc) is 3.01. The van der Waals surface area contributed by atoms with Gasteiger partial charge in [0.15, 0.2) is 11.5 Å². The molecule has 1 aliphatic rings. The lowest BCUT2D eigenvalue weighted by atomic mass is 10.2. The summed E-state index contributed by atoms with van der Waals surface area (Å²) >= 11 is 3.46. The zero-order valence-corrected chi connectivity index (χ0v) is 14.5. The average molecular weight is 367 g/mol. The van der Waals surface area contributed by atoms with Crippen molar-refractivity contribution in [2.75, 3.05) is 6.54 Å². The molecule has 0 N–H and O–H groups in total. The van der Waals surface area contributed by atoms with Crippen molar-refractivity contribution < 1.29 is 9.53 Å². The van der Waals surface area contributed by atoms with E-state index in [1.807, 2.05) is 43.5 Å². The predicted octanol–water partition coefficient (Wildman–Crippen LogP) is 3.56. The zero-order chi connectivity index (χ0) is 15.9. The van der Waals surface area contributed by atoms with Gasteiger partial charge in [0.2, 0.25) is 0 Å². The molecule has 0 bridgehead atoms. The molecular formula is C15H19BrN4O2. The van der Waals surface area contributed by atoms with Crippen LogP contribution >= 0.6 is 15.9 Å². The number of fused-ring (bicyclic) bond motifs is 1. The second kappa shape index (κ2) is 5.53. The fourth-order valence-corrected chi connectivity index (χ4v) is 3.02. The quantitative estimate of drug-likeness (QED) is 0.773. The third-order valence-corrected chi connectivity index (χ3v) is 4.04. The Labute approximate surface area is 137 Å². The van der Waals surface area contributed by atoms with Crippen LogP contribution in [0.3, 0.4) is 0 Å². The number of hydrogen-bond donors (Lipinski definition) is 0. The van der Waals surface area contributed by atoms with Crippen LogP contribution in [0.2, 0.25) is 0 Å². The molecule has 0 spiro atoms. The Morgan fingerprint density at radius 1 is 1.36 bits per heavy atom. The molecule has 22 heavy (non-hydrogen) atoms. The summed E-state index contributed by atoms with van der Waals surface area (Å²) in [6.07, 6.45) is 3.44. The Kier molecular flexibility index (Phi) is 3.84. The van der Waals surface area contributed by atoms with Gasteiger partial charge in [0, 0.05) is 17.2 Å². The Balaban J connectivity index is 1.92. The topological polar surface area (TPSA) is 59.7 Å². The smallest absolute Gasteiger partial charge is 0.410 e. The number of ether oxygens (including phenoxy) is 1. The molecule has 2 aromatic rings. The molecule has 1 unspecified atom stereocenters. The summed E-state index contributed by atoms with van der Waals surface area (Å²) in [5.74, 6) is 0.777. The lowest BCUT2D eigenvalue weighted by Gasteiger charge is -2.27. The van der Waals surface area contributed by atoms with Crippen molar-refractivity contribution in [3.63, 3.8) is 0 Å². The van der Waals surface area contributed by atoms with Crippen LogP contribution in [0.15, 0.2) is 22.8 Å². The van der Waals surface area contributed by atoms with Crippen LogP contribution in [-0.4, -0.2) is 37.7 Å². The van der Waals surface area contributed by atoms with Gasteiger partial charge in [-0.05, 0) is 61.7 Å². The Hall–Kier alpha value is -1.63. The summed E-state index contributed by atoms with van der Waals surface area (Å²) in [5.41, 5.74) is 0.273. The molecule has 1 aliphatic heterocycles. The number of rotatable bonds is 1. The van der Waals surface area contributed by atoms with Crippen molar-refractivity contribution in [1.82, 2.24) is 19.5 Å². The molecule has 0 aromatic carbocycles. The maximum atomic E-state index is 12.4. The molecule has 3 heterocycles. The van der Waals surface area contributed by atoms with Gasteiger partial charge >= 0.3 is 6.09 Å².